The molecule has 1 atom stereocenters. The van der Waals surface area contributed by atoms with Crippen molar-refractivity contribution in [2.45, 2.75) is 32.7 Å². The van der Waals surface area contributed by atoms with Gasteiger partial charge in [-0.1, -0.05) is 42.0 Å². The van der Waals surface area contributed by atoms with Crippen LogP contribution in [-0.2, 0) is 17.8 Å². The topological polar surface area (TPSA) is 53.8 Å². The van der Waals surface area contributed by atoms with E-state index in [1.165, 1.54) is 12.3 Å². The van der Waals surface area contributed by atoms with Gasteiger partial charge in [-0.3, -0.25) is 9.59 Å². The van der Waals surface area contributed by atoms with Gasteiger partial charge in [0.25, 0.3) is 5.91 Å². The summed E-state index contributed by atoms with van der Waals surface area (Å²) in [5, 5.41) is 0. The van der Waals surface area contributed by atoms with E-state index in [9.17, 15) is 14.0 Å². The van der Waals surface area contributed by atoms with E-state index in [0.29, 0.717) is 19.6 Å². The Hall–Kier alpha value is -3.41. The van der Waals surface area contributed by atoms with Crippen molar-refractivity contribution in [2.24, 2.45) is 5.92 Å². The summed E-state index contributed by atoms with van der Waals surface area (Å²) >= 11 is 0. The average Bonchev–Trinajstić information content (AvgIpc) is 3.27. The van der Waals surface area contributed by atoms with E-state index in [0.717, 1.165) is 36.0 Å². The Kier molecular flexibility index (Phi) is 7.23. The Morgan fingerprint density at radius 2 is 1.88 bits per heavy atom. The van der Waals surface area contributed by atoms with Gasteiger partial charge in [0, 0.05) is 19.6 Å². The van der Waals surface area contributed by atoms with Crippen molar-refractivity contribution in [3.05, 3.63) is 95.2 Å². The molecule has 1 unspecified atom stereocenters. The Bertz CT molecular complexity index is 1100. The molecule has 0 saturated carbocycles. The van der Waals surface area contributed by atoms with Crippen molar-refractivity contribution in [3.63, 3.8) is 0 Å². The first-order chi connectivity index (χ1) is 16.0. The molecule has 3 aromatic rings. The van der Waals surface area contributed by atoms with Gasteiger partial charge in [0.2, 0.25) is 5.91 Å². The van der Waals surface area contributed by atoms with E-state index in [2.05, 4.69) is 6.07 Å². The van der Waals surface area contributed by atoms with Crippen molar-refractivity contribution in [3.8, 4) is 0 Å². The number of rotatable bonds is 7. The molecule has 0 radical (unpaired) electrons. The summed E-state index contributed by atoms with van der Waals surface area (Å²) in [6.45, 7) is 3.65. The molecule has 1 aliphatic heterocycles. The summed E-state index contributed by atoms with van der Waals surface area (Å²) in [5.74, 6) is -0.195. The normalized spacial score (nSPS) is 16.7. The summed E-state index contributed by atoms with van der Waals surface area (Å²) in [6, 6.07) is 18.1. The van der Waals surface area contributed by atoms with Gasteiger partial charge in [0.05, 0.1) is 6.26 Å². The fraction of sp³-hybridized carbons (Fsp3) is 0.333. The predicted octanol–water partition coefficient (Wildman–Crippen LogP) is 4.85. The first kappa shape index (κ1) is 22.8. The molecule has 1 aromatic heterocycles. The largest absolute Gasteiger partial charge is 0.459 e. The summed E-state index contributed by atoms with van der Waals surface area (Å²) < 4.78 is 18.8. The lowest BCUT2D eigenvalue weighted by molar-refractivity contribution is -0.131. The molecule has 0 aliphatic carbocycles. The number of halogens is 1. The van der Waals surface area contributed by atoms with Crippen LogP contribution in [0.4, 0.5) is 4.39 Å². The van der Waals surface area contributed by atoms with Crippen LogP contribution in [0.3, 0.4) is 0 Å². The third kappa shape index (κ3) is 6.09. The van der Waals surface area contributed by atoms with Crippen LogP contribution in [-0.4, -0.2) is 41.2 Å². The summed E-state index contributed by atoms with van der Waals surface area (Å²) in [4.78, 5) is 29.6. The maximum atomic E-state index is 13.5. The lowest BCUT2D eigenvalue weighted by atomic mass is 9.98. The number of aryl methyl sites for hydroxylation is 2. The Morgan fingerprint density at radius 1 is 1.06 bits per heavy atom. The van der Waals surface area contributed by atoms with Crippen molar-refractivity contribution < 1.29 is 18.4 Å². The van der Waals surface area contributed by atoms with E-state index in [1.54, 1.807) is 29.2 Å². The highest BCUT2D eigenvalue weighted by Gasteiger charge is 2.31. The Balaban J connectivity index is 1.48. The second-order valence-electron chi connectivity index (χ2n) is 8.81. The summed E-state index contributed by atoms with van der Waals surface area (Å²) in [6.07, 6.45) is 3.90. The minimum absolute atomic E-state index is 0.0335. The molecule has 1 fully saturated rings. The quantitative estimate of drug-likeness (QED) is 0.519. The van der Waals surface area contributed by atoms with Gasteiger partial charge in [-0.25, -0.2) is 4.39 Å². The minimum atomic E-state index is -0.263. The van der Waals surface area contributed by atoms with E-state index < -0.39 is 0 Å². The number of amides is 2. The highest BCUT2D eigenvalue weighted by atomic mass is 19.1. The third-order valence-electron chi connectivity index (χ3n) is 6.08. The van der Waals surface area contributed by atoms with Gasteiger partial charge < -0.3 is 14.2 Å². The molecule has 0 spiro atoms. The predicted molar refractivity (Wildman–Crippen MR) is 124 cm³/mol. The van der Waals surface area contributed by atoms with Gasteiger partial charge >= 0.3 is 0 Å². The summed E-state index contributed by atoms with van der Waals surface area (Å²) in [5.41, 5.74) is 3.18. The molecule has 2 amide bonds. The number of carbonyl (C=O) groups is 2. The van der Waals surface area contributed by atoms with Crippen molar-refractivity contribution in [1.82, 2.24) is 9.80 Å². The molecule has 2 heterocycles. The second-order valence-corrected chi connectivity index (χ2v) is 8.81. The molecular formula is C27H29FN2O3. The zero-order valence-electron chi connectivity index (χ0n) is 18.9. The molecule has 6 heteroatoms. The van der Waals surface area contributed by atoms with Crippen LogP contribution in [0, 0.1) is 18.7 Å². The van der Waals surface area contributed by atoms with E-state index in [1.807, 2.05) is 36.1 Å². The number of furan rings is 1. The molecule has 4 rings (SSSR count). The molecule has 0 N–H and O–H groups in total. The van der Waals surface area contributed by atoms with Crippen LogP contribution in [0.2, 0.25) is 0 Å². The molecule has 1 aliphatic rings. The lowest BCUT2D eigenvalue weighted by Crippen LogP contribution is -2.39. The van der Waals surface area contributed by atoms with Crippen molar-refractivity contribution in [1.29, 1.82) is 0 Å². The van der Waals surface area contributed by atoms with Crippen LogP contribution in [0.1, 0.15) is 40.1 Å². The maximum Gasteiger partial charge on any atom is 0.290 e. The molecule has 2 aromatic carbocycles. The number of carbonyl (C=O) groups excluding carboxylic acids is 2. The fourth-order valence-corrected chi connectivity index (χ4v) is 4.48. The number of nitrogens with zero attached hydrogens (tertiary/aromatic N) is 2. The lowest BCUT2D eigenvalue weighted by Gasteiger charge is -2.24. The van der Waals surface area contributed by atoms with Gasteiger partial charge in [0.15, 0.2) is 5.76 Å². The SMILES string of the molecule is Cc1cccc(CN2CC(CCCc3cccc(F)c3)CN(C(=O)c3ccco3)CC2=O)c1. The highest BCUT2D eigenvalue weighted by molar-refractivity contribution is 5.94. The number of hydrogen-bond acceptors (Lipinski definition) is 3. The number of benzene rings is 2. The zero-order chi connectivity index (χ0) is 23.2. The van der Waals surface area contributed by atoms with Crippen LogP contribution in [0.25, 0.3) is 0 Å². The third-order valence-corrected chi connectivity index (χ3v) is 6.08. The van der Waals surface area contributed by atoms with E-state index in [-0.39, 0.29) is 35.9 Å². The van der Waals surface area contributed by atoms with Crippen LogP contribution >= 0.6 is 0 Å². The van der Waals surface area contributed by atoms with Crippen LogP contribution in [0.15, 0.2) is 71.3 Å². The fourth-order valence-electron chi connectivity index (χ4n) is 4.48. The monoisotopic (exact) mass is 448 g/mol. The molecule has 0 bridgehead atoms. The van der Waals surface area contributed by atoms with E-state index in [4.69, 9.17) is 4.42 Å². The highest BCUT2D eigenvalue weighted by Crippen LogP contribution is 2.21. The van der Waals surface area contributed by atoms with Gasteiger partial charge in [-0.2, -0.15) is 0 Å². The van der Waals surface area contributed by atoms with Gasteiger partial charge in [0.1, 0.15) is 12.4 Å². The van der Waals surface area contributed by atoms with Gasteiger partial charge in [-0.15, -0.1) is 0 Å². The smallest absolute Gasteiger partial charge is 0.290 e. The van der Waals surface area contributed by atoms with Gasteiger partial charge in [-0.05, 0) is 67.5 Å². The van der Waals surface area contributed by atoms with E-state index >= 15 is 0 Å². The number of hydrogen-bond donors (Lipinski definition) is 0. The van der Waals surface area contributed by atoms with Crippen LogP contribution < -0.4 is 0 Å². The first-order valence-electron chi connectivity index (χ1n) is 11.4. The Labute approximate surface area is 193 Å². The zero-order valence-corrected chi connectivity index (χ0v) is 18.9. The molecule has 172 valence electrons. The second kappa shape index (κ2) is 10.5. The molecule has 5 nitrogen and oxygen atoms in total. The van der Waals surface area contributed by atoms with Crippen molar-refractivity contribution >= 4 is 11.8 Å². The molecular weight excluding hydrogens is 419 g/mol. The maximum absolute atomic E-state index is 13.5. The Morgan fingerprint density at radius 3 is 2.64 bits per heavy atom. The molecule has 1 saturated heterocycles. The minimum Gasteiger partial charge on any atom is -0.459 e. The summed E-state index contributed by atoms with van der Waals surface area (Å²) in [7, 11) is 0. The van der Waals surface area contributed by atoms with Crippen molar-refractivity contribution in [2.75, 3.05) is 19.6 Å². The first-order valence-corrected chi connectivity index (χ1v) is 11.4. The van der Waals surface area contributed by atoms with Crippen LogP contribution in [0.5, 0.6) is 0 Å². The standard InChI is InChI=1S/C27H29FN2O3/c1-20-6-2-9-22(14-20)16-29-17-23(10-3-7-21-8-4-11-24(28)15-21)18-30(19-26(29)31)27(32)25-12-5-13-33-25/h2,4-6,8-9,11-15,23H,3,7,10,16-19H2,1H3. The molecule has 33 heavy (non-hydrogen) atoms. The average molecular weight is 449 g/mol.